The smallest absolute Gasteiger partial charge is 0.240 e. The van der Waals surface area contributed by atoms with Gasteiger partial charge < -0.3 is 10.4 Å². The fourth-order valence-electron chi connectivity index (χ4n) is 3.25. The topological polar surface area (TPSA) is 95.5 Å². The highest BCUT2D eigenvalue weighted by Gasteiger charge is 2.33. The average Bonchev–Trinajstić information content (AvgIpc) is 2.67. The van der Waals surface area contributed by atoms with Crippen LogP contribution < -0.4 is 10.0 Å². The summed E-state index contributed by atoms with van der Waals surface area (Å²) >= 11 is 0. The van der Waals surface area contributed by atoms with Gasteiger partial charge in [-0.3, -0.25) is 4.79 Å². The number of fused-ring (bicyclic) bond motifs is 1. The molecule has 1 aliphatic rings. The third-order valence-corrected chi connectivity index (χ3v) is 6.46. The molecule has 0 radical (unpaired) electrons. The molecule has 28 heavy (non-hydrogen) atoms. The van der Waals surface area contributed by atoms with Crippen LogP contribution in [0.1, 0.15) is 31.4 Å². The molecule has 0 spiro atoms. The summed E-state index contributed by atoms with van der Waals surface area (Å²) in [6.45, 7) is 3.52. The molecule has 0 saturated carbocycles. The van der Waals surface area contributed by atoms with Crippen LogP contribution >= 0.6 is 0 Å². The second kappa shape index (κ2) is 8.03. The minimum Gasteiger partial charge on any atom is -0.388 e. The van der Waals surface area contributed by atoms with E-state index >= 15 is 0 Å². The number of benzene rings is 2. The van der Waals surface area contributed by atoms with E-state index in [1.54, 1.807) is 26.0 Å². The Morgan fingerprint density at radius 3 is 2.39 bits per heavy atom. The van der Waals surface area contributed by atoms with Crippen molar-refractivity contribution in [2.45, 2.75) is 43.6 Å². The number of carbonyl (C=O) groups excluding carboxylic acids is 1. The van der Waals surface area contributed by atoms with E-state index in [-0.39, 0.29) is 23.3 Å². The van der Waals surface area contributed by atoms with E-state index in [0.29, 0.717) is 18.5 Å². The molecule has 0 saturated heterocycles. The lowest BCUT2D eigenvalue weighted by Gasteiger charge is -2.33. The predicted molar refractivity (Wildman–Crippen MR) is 109 cm³/mol. The normalized spacial score (nSPS) is 19.3. The van der Waals surface area contributed by atoms with Crippen LogP contribution in [0.25, 0.3) is 0 Å². The number of anilines is 1. The lowest BCUT2D eigenvalue weighted by Crippen LogP contribution is -2.46. The Morgan fingerprint density at radius 1 is 1.11 bits per heavy atom. The summed E-state index contributed by atoms with van der Waals surface area (Å²) in [4.78, 5) is 11.8. The number of hydrogen-bond donors (Lipinski definition) is 3. The van der Waals surface area contributed by atoms with Gasteiger partial charge in [-0.15, -0.1) is 0 Å². The van der Waals surface area contributed by atoms with Crippen molar-refractivity contribution in [3.8, 4) is 0 Å². The summed E-state index contributed by atoms with van der Waals surface area (Å²) in [5.74, 6) is -0.292. The second-order valence-electron chi connectivity index (χ2n) is 7.66. The van der Waals surface area contributed by atoms with E-state index in [0.717, 1.165) is 12.0 Å². The zero-order chi connectivity index (χ0) is 20.4. The van der Waals surface area contributed by atoms with Crippen molar-refractivity contribution < 1.29 is 18.3 Å². The third-order valence-electron chi connectivity index (χ3n) is 5.05. The lowest BCUT2D eigenvalue weighted by atomic mass is 9.80. The van der Waals surface area contributed by atoms with Gasteiger partial charge >= 0.3 is 0 Å². The molecule has 3 rings (SSSR count). The van der Waals surface area contributed by atoms with Crippen LogP contribution in [0.3, 0.4) is 0 Å². The zero-order valence-electron chi connectivity index (χ0n) is 16.1. The van der Waals surface area contributed by atoms with Crippen molar-refractivity contribution in [1.82, 2.24) is 4.72 Å². The molecule has 1 aliphatic carbocycles. The number of nitrogens with one attached hydrogen (secondary N) is 2. The molecule has 1 unspecified atom stereocenters. The van der Waals surface area contributed by atoms with Crippen molar-refractivity contribution in [2.24, 2.45) is 5.92 Å². The first-order valence-corrected chi connectivity index (χ1v) is 10.9. The monoisotopic (exact) mass is 402 g/mol. The molecule has 0 heterocycles. The predicted octanol–water partition coefficient (Wildman–Crippen LogP) is 2.48. The van der Waals surface area contributed by atoms with Crippen LogP contribution in [0.5, 0.6) is 0 Å². The van der Waals surface area contributed by atoms with Gasteiger partial charge in [-0.25, -0.2) is 13.1 Å². The SMILES string of the molecule is CC(C)C(=O)Nc1ccc(S(=O)(=O)NCC2(O)CCc3ccccc3C2)cc1. The molecule has 0 aromatic heterocycles. The molecule has 0 fully saturated rings. The molecule has 3 N–H and O–H groups in total. The van der Waals surface area contributed by atoms with Gasteiger partial charge in [-0.2, -0.15) is 0 Å². The van der Waals surface area contributed by atoms with E-state index in [4.69, 9.17) is 0 Å². The molecular weight excluding hydrogens is 376 g/mol. The quantitative estimate of drug-likeness (QED) is 0.692. The summed E-state index contributed by atoms with van der Waals surface area (Å²) in [5, 5.41) is 13.6. The Kier molecular flexibility index (Phi) is 5.88. The Balaban J connectivity index is 1.65. The van der Waals surface area contributed by atoms with Crippen LogP contribution in [0, 0.1) is 5.92 Å². The van der Waals surface area contributed by atoms with E-state index < -0.39 is 15.6 Å². The van der Waals surface area contributed by atoms with Crippen LogP contribution in [0.4, 0.5) is 5.69 Å². The maximum atomic E-state index is 12.6. The minimum absolute atomic E-state index is 0.0461. The maximum Gasteiger partial charge on any atom is 0.240 e. The van der Waals surface area contributed by atoms with Gasteiger partial charge in [0.05, 0.1) is 10.5 Å². The van der Waals surface area contributed by atoms with Gasteiger partial charge in [0.1, 0.15) is 0 Å². The summed E-state index contributed by atoms with van der Waals surface area (Å²) in [7, 11) is -3.76. The molecule has 2 aromatic rings. The number of aliphatic hydroxyl groups is 1. The van der Waals surface area contributed by atoms with E-state index in [9.17, 15) is 18.3 Å². The highest BCUT2D eigenvalue weighted by atomic mass is 32.2. The first-order chi connectivity index (χ1) is 13.2. The standard InChI is InChI=1S/C21H26N2O4S/c1-15(2)20(24)23-18-7-9-19(10-8-18)28(26,27)22-14-21(25)12-11-16-5-3-4-6-17(16)13-21/h3-10,15,22,25H,11-14H2,1-2H3,(H,23,24). The number of rotatable bonds is 6. The van der Waals surface area contributed by atoms with Gasteiger partial charge in [0.2, 0.25) is 15.9 Å². The number of sulfonamides is 1. The molecule has 7 heteroatoms. The molecular formula is C21H26N2O4S. The zero-order valence-corrected chi connectivity index (χ0v) is 16.9. The number of amides is 1. The Hall–Kier alpha value is -2.22. The van der Waals surface area contributed by atoms with Crippen molar-refractivity contribution in [1.29, 1.82) is 0 Å². The van der Waals surface area contributed by atoms with Crippen LogP contribution in [0.2, 0.25) is 0 Å². The highest BCUT2D eigenvalue weighted by molar-refractivity contribution is 7.89. The number of aryl methyl sites for hydroxylation is 1. The number of carbonyl (C=O) groups is 1. The molecule has 150 valence electrons. The maximum absolute atomic E-state index is 12.6. The molecule has 0 bridgehead atoms. The lowest BCUT2D eigenvalue weighted by molar-refractivity contribution is -0.118. The number of hydrogen-bond acceptors (Lipinski definition) is 4. The average molecular weight is 403 g/mol. The Labute approximate surface area is 166 Å². The summed E-state index contributed by atoms with van der Waals surface area (Å²) in [6.07, 6.45) is 1.65. The Morgan fingerprint density at radius 2 is 1.75 bits per heavy atom. The van der Waals surface area contributed by atoms with Crippen LogP contribution in [-0.2, 0) is 27.7 Å². The summed E-state index contributed by atoms with van der Waals surface area (Å²) in [6, 6.07) is 13.9. The third kappa shape index (κ3) is 4.79. The minimum atomic E-state index is -3.76. The van der Waals surface area contributed by atoms with Crippen molar-refractivity contribution >= 4 is 21.6 Å². The molecule has 0 aliphatic heterocycles. The summed E-state index contributed by atoms with van der Waals surface area (Å²) in [5.41, 5.74) is 1.70. The molecule has 1 amide bonds. The van der Waals surface area contributed by atoms with Gasteiger partial charge in [0, 0.05) is 24.6 Å². The highest BCUT2D eigenvalue weighted by Crippen LogP contribution is 2.28. The molecule has 2 aromatic carbocycles. The van der Waals surface area contributed by atoms with Gasteiger partial charge in [0.25, 0.3) is 0 Å². The van der Waals surface area contributed by atoms with Gasteiger partial charge in [-0.05, 0) is 48.2 Å². The molecule has 1 atom stereocenters. The second-order valence-corrected chi connectivity index (χ2v) is 9.43. The van der Waals surface area contributed by atoms with Crippen molar-refractivity contribution in [3.63, 3.8) is 0 Å². The van der Waals surface area contributed by atoms with E-state index in [2.05, 4.69) is 10.0 Å². The van der Waals surface area contributed by atoms with Crippen molar-refractivity contribution in [3.05, 3.63) is 59.7 Å². The van der Waals surface area contributed by atoms with Crippen LogP contribution in [-0.4, -0.2) is 31.6 Å². The van der Waals surface area contributed by atoms with Gasteiger partial charge in [0.15, 0.2) is 0 Å². The first kappa shape index (κ1) is 20.5. The van der Waals surface area contributed by atoms with E-state index in [1.807, 2.05) is 24.3 Å². The fourth-order valence-corrected chi connectivity index (χ4v) is 4.37. The largest absolute Gasteiger partial charge is 0.388 e. The molecule has 6 nitrogen and oxygen atoms in total. The van der Waals surface area contributed by atoms with E-state index in [1.165, 1.54) is 17.7 Å². The van der Waals surface area contributed by atoms with Crippen molar-refractivity contribution in [2.75, 3.05) is 11.9 Å². The van der Waals surface area contributed by atoms with Gasteiger partial charge in [-0.1, -0.05) is 38.1 Å². The Bertz CT molecular complexity index is 955. The van der Waals surface area contributed by atoms with Crippen LogP contribution in [0.15, 0.2) is 53.4 Å². The summed E-state index contributed by atoms with van der Waals surface area (Å²) < 4.78 is 27.7. The fraction of sp³-hybridized carbons (Fsp3) is 0.381. The first-order valence-electron chi connectivity index (χ1n) is 9.38.